The van der Waals surface area contributed by atoms with E-state index in [-0.39, 0.29) is 17.0 Å². The monoisotopic (exact) mass is 612 g/mol. The lowest BCUT2D eigenvalue weighted by atomic mass is 9.45. The molecule has 0 unspecified atom stereocenters. The Kier molecular flexibility index (Phi) is 4.32. The first-order valence-electron chi connectivity index (χ1n) is 10.3. The smallest absolute Gasteiger partial charge is 0.763 e. The summed E-state index contributed by atoms with van der Waals surface area (Å²) in [7, 11) is 0. The third-order valence-electron chi connectivity index (χ3n) is 7.08. The number of rotatable bonds is 2. The summed E-state index contributed by atoms with van der Waals surface area (Å²) in [6, 6.07) is 23.8. The van der Waals surface area contributed by atoms with Crippen molar-refractivity contribution in [2.75, 3.05) is 0 Å². The van der Waals surface area contributed by atoms with Crippen LogP contribution in [-0.2, 0) is 0 Å². The maximum atomic E-state index is 3.61. The standard InChI is InChI=1S/C21H17B2Br2N6.BrH/c24-20-8-4-18(5-9-20)22-26-12-1-13-27(26)23(29-15-2-14-28(22)29,31-17-3-16-30(22)31)19-6-10-21(25)11-7-19;/h1-17H;1H/q+1;/p-1. The quantitative estimate of drug-likeness (QED) is 0.196. The topological polar surface area (TPSA) is 26.4 Å². The van der Waals surface area contributed by atoms with Gasteiger partial charge in [-0.3, -0.25) is 18.4 Å². The predicted octanol–water partition coefficient (Wildman–Crippen LogP) is -2.31. The van der Waals surface area contributed by atoms with Crippen molar-refractivity contribution < 1.29 is 30.8 Å². The number of hydrogen-bond acceptors (Lipinski definition) is 0. The zero-order valence-corrected chi connectivity index (χ0v) is 21.5. The van der Waals surface area contributed by atoms with Crippen molar-refractivity contribution in [1.29, 1.82) is 0 Å². The average molecular weight is 615 g/mol. The van der Waals surface area contributed by atoms with E-state index in [1.54, 1.807) is 0 Å². The van der Waals surface area contributed by atoms with Gasteiger partial charge in [0.05, 0.1) is 0 Å². The highest BCUT2D eigenvalue weighted by Crippen LogP contribution is 2.20. The van der Waals surface area contributed by atoms with E-state index in [2.05, 4.69) is 163 Å². The normalized spacial score (nSPS) is 22.1. The van der Waals surface area contributed by atoms with Gasteiger partial charge >= 0.3 is 13.1 Å². The van der Waals surface area contributed by atoms with E-state index in [0.717, 1.165) is 8.95 Å². The number of nitrogens with zero attached hydrogens (tertiary/aromatic N) is 6. The molecule has 0 saturated heterocycles. The zero-order valence-electron chi connectivity index (χ0n) is 16.8. The first kappa shape index (κ1) is 20.3. The fourth-order valence-corrected chi connectivity index (χ4v) is 6.56. The van der Waals surface area contributed by atoms with Gasteiger partial charge in [0.2, 0.25) is 0 Å². The lowest BCUT2D eigenvalue weighted by Crippen LogP contribution is -3.12. The molecule has 0 spiro atoms. The molecule has 0 amide bonds. The van der Waals surface area contributed by atoms with Crippen LogP contribution in [-0.4, -0.2) is 26.9 Å². The Hall–Kier alpha value is -2.36. The minimum atomic E-state index is -1.54. The third-order valence-corrected chi connectivity index (χ3v) is 8.14. The number of benzene rings is 2. The van der Waals surface area contributed by atoms with E-state index in [1.165, 1.54) is 10.9 Å². The van der Waals surface area contributed by atoms with E-state index in [9.17, 15) is 0 Å². The lowest BCUT2D eigenvalue weighted by molar-refractivity contribution is -0.830. The van der Waals surface area contributed by atoms with Gasteiger partial charge in [-0.05, 0) is 5.46 Å². The highest BCUT2D eigenvalue weighted by Gasteiger charge is 2.75. The SMILES string of the molecule is Brc1ccc([B-]23n4ccc[n+]4[B-](c4ccc(Br)cc4)(n4ccc[n+]42)[n+]2cccn23)cc1.[Br-]. The molecule has 11 heteroatoms. The molecule has 3 aromatic heterocycles. The Labute approximate surface area is 212 Å². The van der Waals surface area contributed by atoms with E-state index < -0.39 is 13.1 Å². The summed E-state index contributed by atoms with van der Waals surface area (Å²) < 4.78 is 16.6. The highest BCUT2D eigenvalue weighted by molar-refractivity contribution is 9.10. The number of halogens is 3. The van der Waals surface area contributed by atoms with Crippen molar-refractivity contribution in [1.82, 2.24) is 13.8 Å². The summed E-state index contributed by atoms with van der Waals surface area (Å²) >= 11 is 7.21. The Bertz CT molecular complexity index is 1260. The molecule has 6 heterocycles. The molecule has 3 aliphatic heterocycles. The van der Waals surface area contributed by atoms with E-state index in [0.29, 0.717) is 0 Å². The van der Waals surface area contributed by atoms with Gasteiger partial charge in [-0.15, -0.1) is 0 Å². The molecule has 3 aliphatic rings. The van der Waals surface area contributed by atoms with Crippen molar-refractivity contribution in [3.8, 4) is 0 Å². The molecular formula is C21H17B2Br3N6. The van der Waals surface area contributed by atoms with Crippen LogP contribution in [0.15, 0.2) is 113 Å². The zero-order chi connectivity index (χ0) is 20.8. The van der Waals surface area contributed by atoms with Crippen molar-refractivity contribution in [2.45, 2.75) is 0 Å². The Morgan fingerprint density at radius 2 is 1.00 bits per heavy atom. The van der Waals surface area contributed by atoms with Crippen LogP contribution in [0.3, 0.4) is 0 Å². The summed E-state index contributed by atoms with van der Waals surface area (Å²) in [6.45, 7) is -3.07. The highest BCUT2D eigenvalue weighted by atomic mass is 79.9. The lowest BCUT2D eigenvalue weighted by Gasteiger charge is -2.49. The Balaban J connectivity index is 0.00000196. The van der Waals surface area contributed by atoms with Gasteiger partial charge in [0.1, 0.15) is 18.6 Å². The van der Waals surface area contributed by atoms with Gasteiger partial charge in [0.15, 0.2) is 0 Å². The summed E-state index contributed by atoms with van der Waals surface area (Å²) in [5.41, 5.74) is 2.45. The Morgan fingerprint density at radius 1 is 0.562 bits per heavy atom. The van der Waals surface area contributed by atoms with Crippen LogP contribution < -0.4 is 41.7 Å². The van der Waals surface area contributed by atoms with Gasteiger partial charge in [-0.2, -0.15) is 0 Å². The second-order valence-corrected chi connectivity index (χ2v) is 10.2. The van der Waals surface area contributed by atoms with E-state index in [1.807, 2.05) is 0 Å². The minimum absolute atomic E-state index is 0. The molecule has 2 aromatic carbocycles. The summed E-state index contributed by atoms with van der Waals surface area (Å²) in [5, 5.41) is 0. The van der Waals surface area contributed by atoms with Crippen molar-refractivity contribution >= 4 is 55.9 Å². The minimum Gasteiger partial charge on any atom is -1.00 e. The van der Waals surface area contributed by atoms with Gasteiger partial charge in [-0.1, -0.05) is 85.9 Å². The molecule has 158 valence electrons. The van der Waals surface area contributed by atoms with Gasteiger partial charge < -0.3 is 21.6 Å². The van der Waals surface area contributed by atoms with Gasteiger partial charge in [0.25, 0.3) is 0 Å². The van der Waals surface area contributed by atoms with Crippen molar-refractivity contribution in [3.63, 3.8) is 0 Å². The van der Waals surface area contributed by atoms with E-state index >= 15 is 0 Å². The second-order valence-electron chi connectivity index (χ2n) is 8.32. The van der Waals surface area contributed by atoms with Crippen LogP contribution in [0.25, 0.3) is 0 Å². The average Bonchev–Trinajstić information content (AvgIpc) is 3.55. The fraction of sp³-hybridized carbons (Fsp3) is 0. The van der Waals surface area contributed by atoms with E-state index in [4.69, 9.17) is 0 Å². The summed E-state index contributed by atoms with van der Waals surface area (Å²) in [5.74, 6) is 0. The molecule has 8 rings (SSSR count). The summed E-state index contributed by atoms with van der Waals surface area (Å²) in [4.78, 5) is 0. The first-order valence-corrected chi connectivity index (χ1v) is 11.9. The first-order chi connectivity index (χ1) is 15.2. The molecular weight excluding hydrogens is 598 g/mol. The van der Waals surface area contributed by atoms with Gasteiger partial charge in [0, 0.05) is 45.7 Å². The van der Waals surface area contributed by atoms with Crippen LogP contribution in [0.4, 0.5) is 0 Å². The van der Waals surface area contributed by atoms with Crippen LogP contribution >= 0.6 is 31.9 Å². The molecule has 0 aliphatic carbocycles. The fourth-order valence-electron chi connectivity index (χ4n) is 6.03. The molecule has 0 fully saturated rings. The molecule has 0 atom stereocenters. The van der Waals surface area contributed by atoms with Crippen LogP contribution in [0.1, 0.15) is 0 Å². The van der Waals surface area contributed by atoms with Crippen molar-refractivity contribution in [2.24, 2.45) is 0 Å². The summed E-state index contributed by atoms with van der Waals surface area (Å²) in [6.07, 6.45) is 13.2. The van der Waals surface area contributed by atoms with Crippen LogP contribution in [0.2, 0.25) is 0 Å². The molecule has 0 N–H and O–H groups in total. The largest absolute Gasteiger partial charge is 1.00 e. The maximum Gasteiger partial charge on any atom is 0.763 e. The second kappa shape index (κ2) is 6.82. The van der Waals surface area contributed by atoms with Crippen molar-refractivity contribution in [3.05, 3.63) is 113 Å². The predicted molar refractivity (Wildman–Crippen MR) is 125 cm³/mol. The molecule has 0 radical (unpaired) electrons. The molecule has 5 aromatic rings. The van der Waals surface area contributed by atoms with Gasteiger partial charge in [-0.25, -0.2) is 4.59 Å². The number of aromatic nitrogens is 6. The third kappa shape index (κ3) is 2.14. The number of hydrogen-bond donors (Lipinski definition) is 0. The molecule has 6 nitrogen and oxygen atoms in total. The maximum absolute atomic E-state index is 3.61. The molecule has 2 bridgehead atoms. The molecule has 32 heavy (non-hydrogen) atoms. The van der Waals surface area contributed by atoms with Crippen LogP contribution in [0, 0.1) is 0 Å². The van der Waals surface area contributed by atoms with Crippen LogP contribution in [0.5, 0.6) is 0 Å². The Morgan fingerprint density at radius 3 is 1.53 bits per heavy atom. The molecule has 0 saturated carbocycles.